The second-order valence-corrected chi connectivity index (χ2v) is 8.36. The number of likely N-dealkylation sites (tertiary alicyclic amines) is 1. The van der Waals surface area contributed by atoms with Gasteiger partial charge in [0.2, 0.25) is 0 Å². The van der Waals surface area contributed by atoms with Gasteiger partial charge in [-0.15, -0.1) is 11.3 Å². The first kappa shape index (κ1) is 22.3. The number of methoxy groups -OCH3 is 1. The Balaban J connectivity index is 1.41. The van der Waals surface area contributed by atoms with Crippen molar-refractivity contribution in [2.24, 2.45) is 0 Å². The molecule has 1 aliphatic heterocycles. The number of β-amino-alcohol motifs (C(OH)–C–C–N with tert-alkyl or cyclic N) is 1. The summed E-state index contributed by atoms with van der Waals surface area (Å²) in [7, 11) is 1.52. The van der Waals surface area contributed by atoms with Crippen LogP contribution in [0.3, 0.4) is 0 Å². The van der Waals surface area contributed by atoms with E-state index in [0.717, 1.165) is 30.8 Å². The highest BCUT2D eigenvalue weighted by molar-refractivity contribution is 7.12. The maximum absolute atomic E-state index is 12.2. The molecule has 0 aliphatic carbocycles. The molecule has 1 unspecified atom stereocenters. The van der Waals surface area contributed by atoms with Crippen LogP contribution in [0.15, 0.2) is 35.7 Å². The first-order valence-corrected chi connectivity index (χ1v) is 10.9. The van der Waals surface area contributed by atoms with E-state index in [1.807, 2.05) is 17.5 Å². The fourth-order valence-electron chi connectivity index (χ4n) is 3.47. The molecule has 0 radical (unpaired) electrons. The van der Waals surface area contributed by atoms with Crippen molar-refractivity contribution in [3.05, 3.63) is 46.2 Å². The summed E-state index contributed by atoms with van der Waals surface area (Å²) in [6.45, 7) is 3.74. The summed E-state index contributed by atoms with van der Waals surface area (Å²) in [6, 6.07) is 8.87. The van der Waals surface area contributed by atoms with E-state index in [4.69, 9.17) is 9.47 Å². The van der Waals surface area contributed by atoms with Crippen LogP contribution in [0.4, 0.5) is 0 Å². The van der Waals surface area contributed by atoms with Gasteiger partial charge in [-0.1, -0.05) is 6.07 Å². The molecule has 1 atom stereocenters. The van der Waals surface area contributed by atoms with Gasteiger partial charge in [0.05, 0.1) is 12.0 Å². The van der Waals surface area contributed by atoms with Crippen LogP contribution in [0.5, 0.6) is 11.5 Å². The van der Waals surface area contributed by atoms with Gasteiger partial charge in [-0.25, -0.2) is 0 Å². The number of hydrogen-bond acceptors (Lipinski definition) is 7. The number of nitrogens with one attached hydrogen (secondary N) is 1. The predicted octanol–water partition coefficient (Wildman–Crippen LogP) is 2.59. The van der Waals surface area contributed by atoms with Gasteiger partial charge < -0.3 is 24.8 Å². The Morgan fingerprint density at radius 2 is 2.03 bits per heavy atom. The molecule has 8 heteroatoms. The molecule has 3 rings (SSSR count). The summed E-state index contributed by atoms with van der Waals surface area (Å²) in [5.74, 6) is 0.908. The Morgan fingerprint density at radius 3 is 2.67 bits per heavy atom. The topological polar surface area (TPSA) is 88.1 Å². The summed E-state index contributed by atoms with van der Waals surface area (Å²) in [5, 5.41) is 15.4. The van der Waals surface area contributed by atoms with Gasteiger partial charge in [0, 0.05) is 31.2 Å². The van der Waals surface area contributed by atoms with E-state index in [9.17, 15) is 14.7 Å². The average molecular weight is 433 g/mol. The van der Waals surface area contributed by atoms with E-state index in [1.54, 1.807) is 18.2 Å². The molecule has 1 amide bonds. The van der Waals surface area contributed by atoms with Crippen molar-refractivity contribution in [2.45, 2.75) is 31.9 Å². The quantitative estimate of drug-likeness (QED) is 0.592. The monoisotopic (exact) mass is 432 g/mol. The number of rotatable bonds is 9. The molecule has 2 heterocycles. The minimum absolute atomic E-state index is 0.0124. The van der Waals surface area contributed by atoms with Gasteiger partial charge in [0.15, 0.2) is 17.3 Å². The van der Waals surface area contributed by atoms with Gasteiger partial charge in [-0.3, -0.25) is 9.59 Å². The van der Waals surface area contributed by atoms with Crippen molar-refractivity contribution in [1.82, 2.24) is 10.2 Å². The molecular weight excluding hydrogens is 404 g/mol. The van der Waals surface area contributed by atoms with Crippen molar-refractivity contribution in [2.75, 3.05) is 33.4 Å². The zero-order valence-corrected chi connectivity index (χ0v) is 18.1. The van der Waals surface area contributed by atoms with Crippen LogP contribution in [0.25, 0.3) is 0 Å². The van der Waals surface area contributed by atoms with Crippen LogP contribution in [-0.4, -0.2) is 67.2 Å². The van der Waals surface area contributed by atoms with E-state index in [-0.39, 0.29) is 24.3 Å². The minimum atomic E-state index is -0.653. The molecule has 7 nitrogen and oxygen atoms in total. The number of nitrogens with zero attached hydrogens (tertiary/aromatic N) is 1. The zero-order valence-electron chi connectivity index (χ0n) is 17.3. The zero-order chi connectivity index (χ0) is 21.5. The van der Waals surface area contributed by atoms with Crippen LogP contribution in [0, 0.1) is 0 Å². The first-order valence-electron chi connectivity index (χ1n) is 10.0. The third kappa shape index (κ3) is 6.04. The molecule has 0 spiro atoms. The largest absolute Gasteiger partial charge is 0.493 e. The van der Waals surface area contributed by atoms with Gasteiger partial charge in [0.1, 0.15) is 12.7 Å². The fourth-order valence-corrected chi connectivity index (χ4v) is 4.09. The SMILES string of the molecule is COc1cc(C(C)=O)ccc1OCC(O)CN1CCC(NC(=O)c2cccs2)CC1. The minimum Gasteiger partial charge on any atom is -0.493 e. The highest BCUT2D eigenvalue weighted by atomic mass is 32.1. The summed E-state index contributed by atoms with van der Waals surface area (Å²) >= 11 is 1.44. The Morgan fingerprint density at radius 1 is 1.27 bits per heavy atom. The highest BCUT2D eigenvalue weighted by Gasteiger charge is 2.23. The van der Waals surface area contributed by atoms with Crippen molar-refractivity contribution in [3.8, 4) is 11.5 Å². The lowest BCUT2D eigenvalue weighted by Crippen LogP contribution is -2.47. The van der Waals surface area contributed by atoms with Gasteiger partial charge in [-0.2, -0.15) is 0 Å². The molecule has 1 fully saturated rings. The molecule has 0 bridgehead atoms. The second kappa shape index (κ2) is 10.6. The number of carbonyl (C=O) groups excluding carboxylic acids is 2. The standard InChI is InChI=1S/C22H28N2O5S/c1-15(25)16-5-6-19(20(12-16)28-2)29-14-18(26)13-24-9-7-17(8-10-24)23-22(27)21-4-3-11-30-21/h3-6,11-12,17-18,26H,7-10,13-14H2,1-2H3,(H,23,27). The highest BCUT2D eigenvalue weighted by Crippen LogP contribution is 2.28. The van der Waals surface area contributed by atoms with E-state index in [1.165, 1.54) is 25.4 Å². The molecule has 1 saturated heterocycles. The third-order valence-electron chi connectivity index (χ3n) is 5.14. The molecule has 1 aromatic heterocycles. The number of hydrogen-bond donors (Lipinski definition) is 2. The smallest absolute Gasteiger partial charge is 0.261 e. The molecule has 2 N–H and O–H groups in total. The van der Waals surface area contributed by atoms with Crippen LogP contribution in [0.2, 0.25) is 0 Å². The molecule has 162 valence electrons. The van der Waals surface area contributed by atoms with Crippen LogP contribution in [0.1, 0.15) is 39.8 Å². The lowest BCUT2D eigenvalue weighted by atomic mass is 10.0. The number of amides is 1. The Hall–Kier alpha value is -2.42. The number of aliphatic hydroxyl groups is 1. The third-order valence-corrected chi connectivity index (χ3v) is 6.01. The van der Waals surface area contributed by atoms with E-state index >= 15 is 0 Å². The number of benzene rings is 1. The van der Waals surface area contributed by atoms with Gasteiger partial charge in [-0.05, 0) is 49.4 Å². The number of aliphatic hydroxyl groups excluding tert-OH is 1. The van der Waals surface area contributed by atoms with Gasteiger partial charge in [0.25, 0.3) is 5.91 Å². The maximum atomic E-state index is 12.2. The molecular formula is C22H28N2O5S. The van der Waals surface area contributed by atoms with Crippen molar-refractivity contribution in [3.63, 3.8) is 0 Å². The summed E-state index contributed by atoms with van der Waals surface area (Å²) in [6.07, 6.45) is 1.05. The van der Waals surface area contributed by atoms with E-state index in [2.05, 4.69) is 10.2 Å². The summed E-state index contributed by atoms with van der Waals surface area (Å²) in [5.41, 5.74) is 0.550. The number of thiophene rings is 1. The molecule has 0 saturated carbocycles. The van der Waals surface area contributed by atoms with Crippen LogP contribution >= 0.6 is 11.3 Å². The second-order valence-electron chi connectivity index (χ2n) is 7.41. The van der Waals surface area contributed by atoms with E-state index in [0.29, 0.717) is 23.6 Å². The molecule has 1 aromatic carbocycles. The predicted molar refractivity (Wildman–Crippen MR) is 116 cm³/mol. The molecule has 30 heavy (non-hydrogen) atoms. The Bertz CT molecular complexity index is 847. The van der Waals surface area contributed by atoms with Crippen molar-refractivity contribution >= 4 is 23.0 Å². The number of ether oxygens (including phenoxy) is 2. The number of Topliss-reactive ketones (excluding diaryl/α,β-unsaturated/α-hetero) is 1. The number of piperidine rings is 1. The molecule has 1 aliphatic rings. The average Bonchev–Trinajstić information content (AvgIpc) is 3.28. The normalized spacial score (nSPS) is 16.1. The van der Waals surface area contributed by atoms with Crippen molar-refractivity contribution in [1.29, 1.82) is 0 Å². The molecule has 2 aromatic rings. The number of ketones is 1. The Kier molecular flexibility index (Phi) is 7.84. The maximum Gasteiger partial charge on any atom is 0.261 e. The Labute approximate surface area is 180 Å². The van der Waals surface area contributed by atoms with Crippen LogP contribution < -0.4 is 14.8 Å². The number of carbonyl (C=O) groups is 2. The first-order chi connectivity index (χ1) is 14.5. The summed E-state index contributed by atoms with van der Waals surface area (Å²) < 4.78 is 11.0. The lowest BCUT2D eigenvalue weighted by Gasteiger charge is -2.33. The van der Waals surface area contributed by atoms with E-state index < -0.39 is 6.10 Å². The summed E-state index contributed by atoms with van der Waals surface area (Å²) in [4.78, 5) is 26.6. The van der Waals surface area contributed by atoms with Crippen molar-refractivity contribution < 1.29 is 24.2 Å². The van der Waals surface area contributed by atoms with Gasteiger partial charge >= 0.3 is 0 Å². The van der Waals surface area contributed by atoms with Crippen LogP contribution in [-0.2, 0) is 0 Å². The lowest BCUT2D eigenvalue weighted by molar-refractivity contribution is 0.0560. The fraction of sp³-hybridized carbons (Fsp3) is 0.455.